The van der Waals surface area contributed by atoms with Crippen LogP contribution in [0.5, 0.6) is 0 Å². The molecule has 5 rings (SSSR count). The van der Waals surface area contributed by atoms with Crippen LogP contribution in [0.25, 0.3) is 22.2 Å². The quantitative estimate of drug-likeness (QED) is 0.576. The number of rotatable bonds is 5. The molecule has 2 aliphatic rings. The summed E-state index contributed by atoms with van der Waals surface area (Å²) in [5.41, 5.74) is 11.6. The predicted octanol–water partition coefficient (Wildman–Crippen LogP) is 4.30. The molecular formula is C25H34N6. The Kier molecular flexibility index (Phi) is 5.83. The lowest BCUT2D eigenvalue weighted by Gasteiger charge is -2.40. The van der Waals surface area contributed by atoms with E-state index in [2.05, 4.69) is 49.4 Å². The Morgan fingerprint density at radius 3 is 2.65 bits per heavy atom. The van der Waals surface area contributed by atoms with Crippen LogP contribution in [0.3, 0.4) is 0 Å². The maximum absolute atomic E-state index is 6.05. The van der Waals surface area contributed by atoms with Gasteiger partial charge in [-0.15, -0.1) is 0 Å². The van der Waals surface area contributed by atoms with Crippen LogP contribution in [0.1, 0.15) is 37.7 Å². The summed E-state index contributed by atoms with van der Waals surface area (Å²) in [7, 11) is 1.88. The molecule has 2 aliphatic heterocycles. The van der Waals surface area contributed by atoms with E-state index in [1.165, 1.54) is 69.2 Å². The molecule has 0 bridgehead atoms. The molecule has 0 aliphatic carbocycles. The van der Waals surface area contributed by atoms with Crippen molar-refractivity contribution in [1.29, 1.82) is 0 Å². The molecule has 4 N–H and O–H groups in total. The second-order valence-corrected chi connectivity index (χ2v) is 9.08. The van der Waals surface area contributed by atoms with E-state index >= 15 is 0 Å². The highest BCUT2D eigenvalue weighted by Crippen LogP contribution is 2.33. The van der Waals surface area contributed by atoms with Gasteiger partial charge in [0.05, 0.1) is 5.69 Å². The van der Waals surface area contributed by atoms with Crippen LogP contribution in [-0.4, -0.2) is 59.0 Å². The summed E-state index contributed by atoms with van der Waals surface area (Å²) in [6.07, 6.45) is 8.58. The number of aromatic nitrogens is 2. The van der Waals surface area contributed by atoms with Gasteiger partial charge < -0.3 is 20.9 Å². The zero-order valence-corrected chi connectivity index (χ0v) is 18.5. The summed E-state index contributed by atoms with van der Waals surface area (Å²) in [6, 6.07) is 11.8. The van der Waals surface area contributed by atoms with E-state index in [0.29, 0.717) is 5.82 Å². The second kappa shape index (κ2) is 8.89. The van der Waals surface area contributed by atoms with Crippen LogP contribution >= 0.6 is 0 Å². The number of benzene rings is 1. The molecule has 31 heavy (non-hydrogen) atoms. The van der Waals surface area contributed by atoms with Crippen molar-refractivity contribution >= 4 is 22.4 Å². The molecule has 3 aromatic rings. The first-order valence-electron chi connectivity index (χ1n) is 11.7. The number of pyridine rings is 1. The molecule has 0 spiro atoms. The molecule has 0 unspecified atom stereocenters. The first kappa shape index (κ1) is 20.3. The Balaban J connectivity index is 1.27. The van der Waals surface area contributed by atoms with E-state index in [4.69, 9.17) is 5.73 Å². The van der Waals surface area contributed by atoms with Crippen LogP contribution < -0.4 is 11.1 Å². The van der Waals surface area contributed by atoms with Gasteiger partial charge in [-0.1, -0.05) is 12.5 Å². The molecule has 4 heterocycles. The average Bonchev–Trinajstić information content (AvgIpc) is 3.23. The molecule has 0 saturated carbocycles. The first-order chi connectivity index (χ1) is 15.2. The zero-order chi connectivity index (χ0) is 21.2. The van der Waals surface area contributed by atoms with Crippen molar-refractivity contribution in [3.8, 4) is 11.3 Å². The van der Waals surface area contributed by atoms with Gasteiger partial charge in [0.2, 0.25) is 0 Å². The Morgan fingerprint density at radius 2 is 1.87 bits per heavy atom. The number of hydrogen-bond acceptors (Lipinski definition) is 5. The van der Waals surface area contributed by atoms with Gasteiger partial charge in [-0.05, 0) is 81.7 Å². The summed E-state index contributed by atoms with van der Waals surface area (Å²) in [4.78, 5) is 13.1. The lowest BCUT2D eigenvalue weighted by molar-refractivity contribution is 0.0897. The van der Waals surface area contributed by atoms with Crippen LogP contribution in [-0.2, 0) is 6.54 Å². The number of fused-ring (bicyclic) bond motifs is 1. The molecule has 6 heteroatoms. The highest BCUT2D eigenvalue weighted by Gasteiger charge is 2.25. The molecule has 1 aromatic carbocycles. The van der Waals surface area contributed by atoms with E-state index < -0.39 is 0 Å². The van der Waals surface area contributed by atoms with E-state index in [9.17, 15) is 0 Å². The Bertz CT molecular complexity index is 1030. The fourth-order valence-corrected chi connectivity index (χ4v) is 5.38. The largest absolute Gasteiger partial charge is 0.385 e. The summed E-state index contributed by atoms with van der Waals surface area (Å²) in [5, 5.41) is 4.43. The minimum Gasteiger partial charge on any atom is -0.385 e. The maximum Gasteiger partial charge on any atom is 0.147 e. The minimum atomic E-state index is 0.521. The Hall–Kier alpha value is -2.57. The van der Waals surface area contributed by atoms with Crippen LogP contribution in [0.4, 0.5) is 11.5 Å². The minimum absolute atomic E-state index is 0.521. The van der Waals surface area contributed by atoms with Gasteiger partial charge in [0.1, 0.15) is 5.82 Å². The van der Waals surface area contributed by atoms with E-state index in [1.54, 1.807) is 6.20 Å². The van der Waals surface area contributed by atoms with E-state index in [-0.39, 0.29) is 0 Å². The van der Waals surface area contributed by atoms with Crippen molar-refractivity contribution in [3.05, 3.63) is 42.1 Å². The molecule has 2 aromatic heterocycles. The first-order valence-corrected chi connectivity index (χ1v) is 11.7. The van der Waals surface area contributed by atoms with Gasteiger partial charge in [-0.2, -0.15) is 0 Å². The third-order valence-corrected chi connectivity index (χ3v) is 7.08. The third-order valence-electron chi connectivity index (χ3n) is 7.08. The van der Waals surface area contributed by atoms with E-state index in [0.717, 1.165) is 35.0 Å². The number of nitrogens with two attached hydrogens (primary N) is 1. The Labute approximate surface area is 184 Å². The Morgan fingerprint density at radius 1 is 1.06 bits per heavy atom. The number of piperidine rings is 2. The van der Waals surface area contributed by atoms with Crippen molar-refractivity contribution in [2.75, 3.05) is 44.3 Å². The van der Waals surface area contributed by atoms with Crippen molar-refractivity contribution in [2.24, 2.45) is 0 Å². The van der Waals surface area contributed by atoms with Crippen molar-refractivity contribution in [1.82, 2.24) is 19.8 Å². The van der Waals surface area contributed by atoms with Crippen molar-refractivity contribution in [2.45, 2.75) is 44.7 Å². The summed E-state index contributed by atoms with van der Waals surface area (Å²) >= 11 is 0. The normalized spacial score (nSPS) is 19.1. The molecular weight excluding hydrogens is 384 g/mol. The SMILES string of the molecule is CNc1c(-c2cc3cc(CN4CCC(N5CCCCC5)CC4)ccc3[nH]2)ccnc1N. The van der Waals surface area contributed by atoms with Gasteiger partial charge in [-0.25, -0.2) is 4.98 Å². The fraction of sp³-hybridized carbons (Fsp3) is 0.480. The van der Waals surface area contributed by atoms with Gasteiger partial charge in [0.15, 0.2) is 0 Å². The van der Waals surface area contributed by atoms with Crippen LogP contribution in [0.15, 0.2) is 36.5 Å². The summed E-state index contributed by atoms with van der Waals surface area (Å²) < 4.78 is 0. The van der Waals surface area contributed by atoms with Gasteiger partial charge >= 0.3 is 0 Å². The molecule has 164 valence electrons. The highest BCUT2D eigenvalue weighted by atomic mass is 15.2. The number of aromatic amines is 1. The van der Waals surface area contributed by atoms with Gasteiger partial charge in [-0.3, -0.25) is 4.90 Å². The lowest BCUT2D eigenvalue weighted by Crippen LogP contribution is -2.46. The van der Waals surface area contributed by atoms with Gasteiger partial charge in [0.25, 0.3) is 0 Å². The predicted molar refractivity (Wildman–Crippen MR) is 129 cm³/mol. The topological polar surface area (TPSA) is 73.2 Å². The second-order valence-electron chi connectivity index (χ2n) is 9.08. The molecule has 0 radical (unpaired) electrons. The van der Waals surface area contributed by atoms with Crippen LogP contribution in [0.2, 0.25) is 0 Å². The number of H-pyrrole nitrogens is 1. The van der Waals surface area contributed by atoms with Gasteiger partial charge in [0, 0.05) is 48.0 Å². The monoisotopic (exact) mass is 418 g/mol. The summed E-state index contributed by atoms with van der Waals surface area (Å²) in [5.74, 6) is 0.521. The maximum atomic E-state index is 6.05. The standard InChI is InChI=1S/C25H34N6/c1-27-24-21(7-10-28-25(24)26)23-16-19-15-18(5-6-22(19)29-23)17-30-13-8-20(9-14-30)31-11-3-2-4-12-31/h5-7,10,15-16,20,27,29H,2-4,8-9,11-14,17H2,1H3,(H2,26,28). The molecule has 0 atom stereocenters. The third kappa shape index (κ3) is 4.27. The molecule has 2 saturated heterocycles. The number of anilines is 2. The lowest BCUT2D eigenvalue weighted by atomic mass is 9.99. The molecule has 2 fully saturated rings. The van der Waals surface area contributed by atoms with Crippen LogP contribution in [0, 0.1) is 0 Å². The number of hydrogen-bond donors (Lipinski definition) is 3. The van der Waals surface area contributed by atoms with Crippen molar-refractivity contribution in [3.63, 3.8) is 0 Å². The average molecular weight is 419 g/mol. The molecule has 0 amide bonds. The zero-order valence-electron chi connectivity index (χ0n) is 18.5. The number of likely N-dealkylation sites (tertiary alicyclic amines) is 2. The fourth-order valence-electron chi connectivity index (χ4n) is 5.38. The number of nitrogens with zero attached hydrogens (tertiary/aromatic N) is 3. The number of nitrogen functional groups attached to an aromatic ring is 1. The van der Waals surface area contributed by atoms with Crippen molar-refractivity contribution < 1.29 is 0 Å². The highest BCUT2D eigenvalue weighted by molar-refractivity contribution is 5.91. The molecule has 6 nitrogen and oxygen atoms in total. The number of nitrogens with one attached hydrogen (secondary N) is 2. The van der Waals surface area contributed by atoms with E-state index in [1.807, 2.05) is 13.1 Å². The summed E-state index contributed by atoms with van der Waals surface area (Å²) in [6.45, 7) is 6.08. The smallest absolute Gasteiger partial charge is 0.147 e.